The van der Waals surface area contributed by atoms with Gasteiger partial charge in [0.25, 0.3) is 0 Å². The van der Waals surface area contributed by atoms with Crippen LogP contribution in [0, 0.1) is 6.20 Å². The summed E-state index contributed by atoms with van der Waals surface area (Å²) in [4.78, 5) is 8.42. The van der Waals surface area contributed by atoms with Crippen molar-refractivity contribution in [3.63, 3.8) is 0 Å². The Morgan fingerprint density at radius 1 is 1.06 bits per heavy atom. The molecule has 0 aliphatic rings. The Bertz CT molecular complexity index is 653. The van der Waals surface area contributed by atoms with Gasteiger partial charge in [0.2, 0.25) is 0 Å². The molecule has 0 fully saturated rings. The topological polar surface area (TPSA) is 35.0 Å². The molecule has 3 aromatic rings. The van der Waals surface area contributed by atoms with Gasteiger partial charge in [0, 0.05) is 11.6 Å². The van der Waals surface area contributed by atoms with Gasteiger partial charge in [0.15, 0.2) is 0 Å². The smallest absolute Gasteiger partial charge is 0.148 e. The lowest BCUT2D eigenvalue weighted by molar-refractivity contribution is 0.300. The third-order valence-electron chi connectivity index (χ3n) is 2.61. The minimum absolute atomic E-state index is 0.428. The van der Waals surface area contributed by atoms with Gasteiger partial charge in [-0.1, -0.05) is 24.3 Å². The van der Waals surface area contributed by atoms with E-state index in [0.717, 1.165) is 16.6 Å². The largest absolute Gasteiger partial charge is 0.485 e. The fraction of sp³-hybridized carbons (Fsp3) is 0.0667. The minimum Gasteiger partial charge on any atom is -0.485 e. The fourth-order valence-corrected chi connectivity index (χ4v) is 1.71. The van der Waals surface area contributed by atoms with Crippen molar-refractivity contribution in [1.82, 2.24) is 9.97 Å². The predicted octanol–water partition coefficient (Wildman–Crippen LogP) is 3.01. The van der Waals surface area contributed by atoms with E-state index in [1.807, 2.05) is 48.5 Å². The molecule has 0 saturated carbocycles. The first kappa shape index (κ1) is 10.7. The molecule has 0 spiro atoms. The van der Waals surface area contributed by atoms with Crippen molar-refractivity contribution in [3.8, 4) is 5.75 Å². The summed E-state index contributed by atoms with van der Waals surface area (Å²) in [6.45, 7) is 0.428. The minimum atomic E-state index is 0.428. The summed E-state index contributed by atoms with van der Waals surface area (Å²) >= 11 is 0. The fourth-order valence-electron chi connectivity index (χ4n) is 1.71. The molecule has 0 aliphatic heterocycles. The van der Waals surface area contributed by atoms with Gasteiger partial charge in [-0.3, -0.25) is 4.98 Å². The Balaban J connectivity index is 1.79. The van der Waals surface area contributed by atoms with Crippen molar-refractivity contribution >= 4 is 10.9 Å². The van der Waals surface area contributed by atoms with E-state index in [4.69, 9.17) is 4.74 Å². The number of aromatic nitrogens is 2. The second-order valence-electron chi connectivity index (χ2n) is 3.90. The van der Waals surface area contributed by atoms with E-state index >= 15 is 0 Å². The van der Waals surface area contributed by atoms with Crippen LogP contribution >= 0.6 is 0 Å². The standard InChI is InChI=1S/C15H11N2O/c1-2-7-15-12(5-1)9-14(10-17-15)18-11-13-6-3-4-8-16-13/h1-9H,11H2. The highest BCUT2D eigenvalue weighted by Gasteiger charge is 2.00. The Morgan fingerprint density at radius 3 is 2.83 bits per heavy atom. The van der Waals surface area contributed by atoms with Crippen LogP contribution in [0.3, 0.4) is 0 Å². The van der Waals surface area contributed by atoms with Crippen LogP contribution in [-0.4, -0.2) is 9.97 Å². The van der Waals surface area contributed by atoms with E-state index in [9.17, 15) is 0 Å². The van der Waals surface area contributed by atoms with Crippen molar-refractivity contribution in [2.24, 2.45) is 0 Å². The normalized spacial score (nSPS) is 10.4. The highest BCUT2D eigenvalue weighted by atomic mass is 16.5. The van der Waals surface area contributed by atoms with Crippen LogP contribution in [0.4, 0.5) is 0 Å². The van der Waals surface area contributed by atoms with Gasteiger partial charge < -0.3 is 4.74 Å². The first-order valence-corrected chi connectivity index (χ1v) is 5.72. The SMILES string of the molecule is [c]1nc2ccccc2cc1OCc1ccccn1. The second-order valence-corrected chi connectivity index (χ2v) is 3.90. The summed E-state index contributed by atoms with van der Waals surface area (Å²) < 4.78 is 5.62. The molecule has 0 saturated heterocycles. The molecule has 3 nitrogen and oxygen atoms in total. The Kier molecular flexibility index (Phi) is 2.88. The van der Waals surface area contributed by atoms with Gasteiger partial charge in [-0.05, 0) is 24.3 Å². The molecule has 0 amide bonds. The monoisotopic (exact) mass is 235 g/mol. The lowest BCUT2D eigenvalue weighted by Gasteiger charge is -2.05. The van der Waals surface area contributed by atoms with Gasteiger partial charge in [-0.15, -0.1) is 0 Å². The van der Waals surface area contributed by atoms with Crippen LogP contribution in [-0.2, 0) is 6.61 Å². The van der Waals surface area contributed by atoms with Gasteiger partial charge in [0.1, 0.15) is 18.6 Å². The van der Waals surface area contributed by atoms with E-state index in [1.54, 1.807) is 6.20 Å². The quantitative estimate of drug-likeness (QED) is 0.700. The highest BCUT2D eigenvalue weighted by Crippen LogP contribution is 2.17. The average Bonchev–Trinajstić information content (AvgIpc) is 2.46. The van der Waals surface area contributed by atoms with Crippen LogP contribution in [0.15, 0.2) is 54.7 Å². The molecule has 0 atom stereocenters. The number of benzene rings is 1. The van der Waals surface area contributed by atoms with Gasteiger partial charge in [-0.2, -0.15) is 0 Å². The summed E-state index contributed by atoms with van der Waals surface area (Å²) in [6.07, 6.45) is 4.63. The lowest BCUT2D eigenvalue weighted by Crippen LogP contribution is -1.98. The summed E-state index contributed by atoms with van der Waals surface area (Å²) in [5.74, 6) is 0.638. The first-order chi connectivity index (χ1) is 8.92. The van der Waals surface area contributed by atoms with Gasteiger partial charge in [0.05, 0.1) is 11.2 Å². The van der Waals surface area contributed by atoms with Crippen molar-refractivity contribution in [3.05, 3.63) is 66.6 Å². The number of rotatable bonds is 3. The van der Waals surface area contributed by atoms with E-state index in [1.165, 1.54) is 0 Å². The van der Waals surface area contributed by atoms with Crippen molar-refractivity contribution in [2.45, 2.75) is 6.61 Å². The average molecular weight is 235 g/mol. The van der Waals surface area contributed by atoms with Crippen molar-refractivity contribution in [2.75, 3.05) is 0 Å². The molecular formula is C15H11N2O. The van der Waals surface area contributed by atoms with Crippen LogP contribution in [0.25, 0.3) is 10.9 Å². The number of ether oxygens (including phenoxy) is 1. The Labute approximate surface area is 105 Å². The number of fused-ring (bicyclic) bond motifs is 1. The molecule has 1 radical (unpaired) electrons. The van der Waals surface area contributed by atoms with Crippen LogP contribution in [0.1, 0.15) is 5.69 Å². The third-order valence-corrected chi connectivity index (χ3v) is 2.61. The summed E-state index contributed by atoms with van der Waals surface area (Å²) in [5.41, 5.74) is 1.81. The molecule has 1 aromatic carbocycles. The zero-order valence-corrected chi connectivity index (χ0v) is 9.71. The lowest BCUT2D eigenvalue weighted by atomic mass is 10.2. The van der Waals surface area contributed by atoms with E-state index in [2.05, 4.69) is 16.2 Å². The molecule has 0 bridgehead atoms. The molecule has 0 N–H and O–H groups in total. The third kappa shape index (κ3) is 2.30. The Morgan fingerprint density at radius 2 is 1.94 bits per heavy atom. The Hall–Kier alpha value is -2.42. The van der Waals surface area contributed by atoms with Gasteiger partial charge in [-0.25, -0.2) is 4.98 Å². The summed E-state index contributed by atoms with van der Waals surface area (Å²) in [6, 6.07) is 15.6. The van der Waals surface area contributed by atoms with Crippen LogP contribution in [0.5, 0.6) is 5.75 Å². The number of hydrogen-bond acceptors (Lipinski definition) is 3. The molecule has 0 unspecified atom stereocenters. The first-order valence-electron chi connectivity index (χ1n) is 5.72. The number of para-hydroxylation sites is 1. The highest BCUT2D eigenvalue weighted by molar-refractivity contribution is 5.79. The van der Waals surface area contributed by atoms with E-state index < -0.39 is 0 Å². The summed E-state index contributed by atoms with van der Waals surface area (Å²) in [5, 5.41) is 1.05. The molecule has 87 valence electrons. The molecule has 18 heavy (non-hydrogen) atoms. The predicted molar refractivity (Wildman–Crippen MR) is 69.1 cm³/mol. The maximum Gasteiger partial charge on any atom is 0.148 e. The maximum absolute atomic E-state index is 5.62. The zero-order chi connectivity index (χ0) is 12.2. The maximum atomic E-state index is 5.62. The number of hydrogen-bond donors (Lipinski definition) is 0. The van der Waals surface area contributed by atoms with E-state index in [-0.39, 0.29) is 0 Å². The number of nitrogens with zero attached hydrogens (tertiary/aromatic N) is 2. The van der Waals surface area contributed by atoms with Crippen LogP contribution in [0.2, 0.25) is 0 Å². The van der Waals surface area contributed by atoms with Gasteiger partial charge >= 0.3 is 0 Å². The molecule has 2 aromatic heterocycles. The molecular weight excluding hydrogens is 224 g/mol. The van der Waals surface area contributed by atoms with E-state index in [0.29, 0.717) is 12.4 Å². The zero-order valence-electron chi connectivity index (χ0n) is 9.71. The van der Waals surface area contributed by atoms with Crippen molar-refractivity contribution < 1.29 is 4.74 Å². The molecule has 3 rings (SSSR count). The summed E-state index contributed by atoms with van der Waals surface area (Å²) in [7, 11) is 0. The van der Waals surface area contributed by atoms with Crippen LogP contribution < -0.4 is 4.74 Å². The van der Waals surface area contributed by atoms with Crippen molar-refractivity contribution in [1.29, 1.82) is 0 Å². The second kappa shape index (κ2) is 4.84. The number of pyridine rings is 2. The molecule has 0 aliphatic carbocycles. The molecule has 2 heterocycles. The molecule has 3 heteroatoms.